The molecule has 0 fully saturated rings. The van der Waals surface area contributed by atoms with Gasteiger partial charge in [0.1, 0.15) is 0 Å². The summed E-state index contributed by atoms with van der Waals surface area (Å²) >= 11 is 0. The predicted octanol–water partition coefficient (Wildman–Crippen LogP) is 5.70. The smallest absolute Gasteiger partial charge is 0.311 e. The van der Waals surface area contributed by atoms with Gasteiger partial charge in [-0.05, 0) is 60.1 Å². The molecule has 27 heavy (non-hydrogen) atoms. The van der Waals surface area contributed by atoms with Crippen LogP contribution in [0.15, 0.2) is 18.2 Å². The first-order valence-electron chi connectivity index (χ1n) is 10.1. The Morgan fingerprint density at radius 2 is 1.33 bits per heavy atom. The molecule has 0 bridgehead atoms. The van der Waals surface area contributed by atoms with E-state index in [9.17, 15) is 19.8 Å². The van der Waals surface area contributed by atoms with E-state index in [-0.39, 0.29) is 11.8 Å². The molecule has 4 nitrogen and oxygen atoms in total. The van der Waals surface area contributed by atoms with Crippen LogP contribution >= 0.6 is 0 Å². The highest BCUT2D eigenvalue weighted by Crippen LogP contribution is 2.37. The maximum Gasteiger partial charge on any atom is 0.311 e. The molecule has 0 aliphatic rings. The molecule has 2 unspecified atom stereocenters. The summed E-state index contributed by atoms with van der Waals surface area (Å²) in [7, 11) is 0. The third-order valence-corrected chi connectivity index (χ3v) is 4.96. The number of hydrogen-bond donors (Lipinski definition) is 2. The van der Waals surface area contributed by atoms with Crippen LogP contribution in [0.25, 0.3) is 0 Å². The Morgan fingerprint density at radius 1 is 0.815 bits per heavy atom. The van der Waals surface area contributed by atoms with E-state index >= 15 is 0 Å². The Morgan fingerprint density at radius 3 is 1.78 bits per heavy atom. The standard InChI is InChI=1S/C23H36O4/c1-14(2)10-11-17-8-7-9-18(19(22(24)25)12-15(3)4)21(17)20(23(26)27)13-16(5)6/h7-9,14-16,19-20H,10-13H2,1-6H3,(H,24,25)(H,26,27). The molecule has 0 spiro atoms. The number of hydrogen-bond acceptors (Lipinski definition) is 2. The third-order valence-electron chi connectivity index (χ3n) is 4.96. The Hall–Kier alpha value is -1.84. The molecule has 0 aromatic heterocycles. The Bertz CT molecular complexity index is 631. The summed E-state index contributed by atoms with van der Waals surface area (Å²) in [5.41, 5.74) is 2.42. The number of benzene rings is 1. The van der Waals surface area contributed by atoms with Crippen molar-refractivity contribution in [2.75, 3.05) is 0 Å². The second-order valence-electron chi connectivity index (χ2n) is 8.89. The van der Waals surface area contributed by atoms with Gasteiger partial charge >= 0.3 is 11.9 Å². The summed E-state index contributed by atoms with van der Waals surface area (Å²) < 4.78 is 0. The van der Waals surface area contributed by atoms with Gasteiger partial charge in [0.15, 0.2) is 0 Å². The summed E-state index contributed by atoms with van der Waals surface area (Å²) in [5.74, 6) is -2.15. The largest absolute Gasteiger partial charge is 0.481 e. The van der Waals surface area contributed by atoms with Gasteiger partial charge < -0.3 is 10.2 Å². The van der Waals surface area contributed by atoms with Crippen molar-refractivity contribution in [2.24, 2.45) is 17.8 Å². The number of carboxylic acids is 2. The molecule has 0 radical (unpaired) electrons. The fourth-order valence-electron chi connectivity index (χ4n) is 3.67. The predicted molar refractivity (Wildman–Crippen MR) is 109 cm³/mol. The zero-order valence-electron chi connectivity index (χ0n) is 17.7. The topological polar surface area (TPSA) is 74.6 Å². The van der Waals surface area contributed by atoms with Crippen LogP contribution in [-0.4, -0.2) is 22.2 Å². The molecule has 2 N–H and O–H groups in total. The first kappa shape index (κ1) is 23.2. The van der Waals surface area contributed by atoms with E-state index in [2.05, 4.69) is 13.8 Å². The van der Waals surface area contributed by atoms with Crippen LogP contribution in [0.3, 0.4) is 0 Å². The molecule has 152 valence electrons. The van der Waals surface area contributed by atoms with E-state index in [1.54, 1.807) is 0 Å². The average Bonchev–Trinajstić information content (AvgIpc) is 2.54. The lowest BCUT2D eigenvalue weighted by atomic mass is 9.77. The van der Waals surface area contributed by atoms with Crippen LogP contribution in [0.5, 0.6) is 0 Å². The molecule has 1 aromatic carbocycles. The highest BCUT2D eigenvalue weighted by Gasteiger charge is 2.31. The van der Waals surface area contributed by atoms with Gasteiger partial charge in [0.05, 0.1) is 11.8 Å². The average molecular weight is 377 g/mol. The van der Waals surface area contributed by atoms with Crippen molar-refractivity contribution < 1.29 is 19.8 Å². The van der Waals surface area contributed by atoms with E-state index in [1.807, 2.05) is 45.9 Å². The molecular weight excluding hydrogens is 340 g/mol. The van der Waals surface area contributed by atoms with E-state index in [0.717, 1.165) is 24.0 Å². The molecule has 0 amide bonds. The molecule has 0 aliphatic carbocycles. The fourth-order valence-corrected chi connectivity index (χ4v) is 3.67. The van der Waals surface area contributed by atoms with Gasteiger partial charge in [-0.3, -0.25) is 9.59 Å². The van der Waals surface area contributed by atoms with Crippen molar-refractivity contribution in [3.63, 3.8) is 0 Å². The third kappa shape index (κ3) is 7.00. The molecule has 1 rings (SSSR count). The number of aliphatic carboxylic acids is 2. The molecule has 0 aliphatic heterocycles. The van der Waals surface area contributed by atoms with Crippen molar-refractivity contribution in [2.45, 2.75) is 79.1 Å². The minimum absolute atomic E-state index is 0.213. The number of carbonyl (C=O) groups is 2. The minimum Gasteiger partial charge on any atom is -0.481 e. The molecular formula is C23H36O4. The Balaban J connectivity index is 3.58. The summed E-state index contributed by atoms with van der Waals surface area (Å²) in [4.78, 5) is 24.2. The van der Waals surface area contributed by atoms with E-state index < -0.39 is 23.8 Å². The summed E-state index contributed by atoms with van der Waals surface area (Å²) in [6, 6.07) is 5.69. The zero-order chi connectivity index (χ0) is 20.7. The fraction of sp³-hybridized carbons (Fsp3) is 0.652. The van der Waals surface area contributed by atoms with Gasteiger partial charge in [0.2, 0.25) is 0 Å². The molecule has 0 saturated heterocycles. The van der Waals surface area contributed by atoms with Gasteiger partial charge in [-0.1, -0.05) is 59.7 Å². The maximum atomic E-state index is 12.1. The Kier molecular flexibility index (Phi) is 9.01. The normalized spacial score (nSPS) is 14.0. The highest BCUT2D eigenvalue weighted by atomic mass is 16.4. The van der Waals surface area contributed by atoms with Gasteiger partial charge in [-0.25, -0.2) is 0 Å². The van der Waals surface area contributed by atoms with E-state index in [0.29, 0.717) is 24.3 Å². The van der Waals surface area contributed by atoms with Crippen LogP contribution in [0.4, 0.5) is 0 Å². The molecule has 0 saturated carbocycles. The van der Waals surface area contributed by atoms with Crippen molar-refractivity contribution in [1.82, 2.24) is 0 Å². The molecule has 2 atom stereocenters. The van der Waals surface area contributed by atoms with E-state index in [4.69, 9.17) is 0 Å². The Labute approximate surface area is 164 Å². The quantitative estimate of drug-likeness (QED) is 0.519. The first-order chi connectivity index (χ1) is 12.5. The zero-order valence-corrected chi connectivity index (χ0v) is 17.7. The van der Waals surface area contributed by atoms with Crippen LogP contribution < -0.4 is 0 Å². The van der Waals surface area contributed by atoms with Crippen LogP contribution in [-0.2, 0) is 16.0 Å². The van der Waals surface area contributed by atoms with Crippen LogP contribution in [0.1, 0.15) is 89.3 Å². The first-order valence-corrected chi connectivity index (χ1v) is 10.1. The second kappa shape index (κ2) is 10.5. The van der Waals surface area contributed by atoms with Crippen LogP contribution in [0.2, 0.25) is 0 Å². The van der Waals surface area contributed by atoms with Crippen LogP contribution in [0, 0.1) is 17.8 Å². The van der Waals surface area contributed by atoms with Gasteiger partial charge in [0, 0.05) is 0 Å². The minimum atomic E-state index is -0.875. The monoisotopic (exact) mass is 376 g/mol. The van der Waals surface area contributed by atoms with E-state index in [1.165, 1.54) is 0 Å². The molecule has 0 heterocycles. The van der Waals surface area contributed by atoms with Gasteiger partial charge in [-0.2, -0.15) is 0 Å². The van der Waals surface area contributed by atoms with Crippen molar-refractivity contribution in [3.05, 3.63) is 34.9 Å². The van der Waals surface area contributed by atoms with Gasteiger partial charge in [-0.15, -0.1) is 0 Å². The highest BCUT2D eigenvalue weighted by molar-refractivity contribution is 5.81. The van der Waals surface area contributed by atoms with Crippen molar-refractivity contribution >= 4 is 11.9 Å². The van der Waals surface area contributed by atoms with Crippen molar-refractivity contribution in [1.29, 1.82) is 0 Å². The summed E-state index contributed by atoms with van der Waals surface area (Å²) in [5, 5.41) is 19.8. The molecule has 4 heteroatoms. The summed E-state index contributed by atoms with van der Waals surface area (Å²) in [6.45, 7) is 12.3. The number of rotatable bonds is 11. The number of carboxylic acid groups (broad SMARTS) is 2. The van der Waals surface area contributed by atoms with Gasteiger partial charge in [0.25, 0.3) is 0 Å². The number of aryl methyl sites for hydroxylation is 1. The lowest BCUT2D eigenvalue weighted by Gasteiger charge is -2.26. The lowest BCUT2D eigenvalue weighted by molar-refractivity contribution is -0.140. The maximum absolute atomic E-state index is 12.1. The lowest BCUT2D eigenvalue weighted by Crippen LogP contribution is -2.22. The SMILES string of the molecule is CC(C)CCc1cccc(C(CC(C)C)C(=O)O)c1C(CC(C)C)C(=O)O. The second-order valence-corrected chi connectivity index (χ2v) is 8.89. The summed E-state index contributed by atoms with van der Waals surface area (Å²) in [6.07, 6.45) is 2.74. The van der Waals surface area contributed by atoms with Crippen molar-refractivity contribution in [3.8, 4) is 0 Å². The molecule has 1 aromatic rings.